The van der Waals surface area contributed by atoms with E-state index in [-0.39, 0.29) is 23.5 Å². The number of para-hydroxylation sites is 1. The van der Waals surface area contributed by atoms with E-state index >= 15 is 0 Å². The minimum Gasteiger partial charge on any atom is -0.384 e. The lowest BCUT2D eigenvalue weighted by atomic mass is 10.2. The fourth-order valence-corrected chi connectivity index (χ4v) is 4.22. The van der Waals surface area contributed by atoms with Gasteiger partial charge in [-0.3, -0.25) is 4.79 Å². The fraction of sp³-hybridized carbons (Fsp3) is 0.462. The molecule has 1 saturated heterocycles. The highest BCUT2D eigenvalue weighted by Gasteiger charge is 2.28. The van der Waals surface area contributed by atoms with E-state index in [1.807, 2.05) is 24.3 Å². The molecule has 110 valence electrons. The number of sulfone groups is 1. The summed E-state index contributed by atoms with van der Waals surface area (Å²) in [6.45, 7) is 0.508. The molecule has 0 bridgehead atoms. The van der Waals surface area contributed by atoms with E-state index < -0.39 is 9.84 Å². The van der Waals surface area contributed by atoms with E-state index in [4.69, 9.17) is 0 Å². The molecule has 1 atom stereocenters. The van der Waals surface area contributed by atoms with Crippen LogP contribution in [0, 0.1) is 0 Å². The fourth-order valence-electron chi connectivity index (χ4n) is 2.12. The third-order valence-corrected chi connectivity index (χ3v) is 5.60. The number of hydrogen-bond donors (Lipinski definition) is 2. The molecule has 0 saturated carbocycles. The predicted molar refractivity (Wildman–Crippen MR) is 82.5 cm³/mol. The number of anilines is 1. The molecule has 0 aromatic heterocycles. The van der Waals surface area contributed by atoms with Crippen molar-refractivity contribution in [3.05, 3.63) is 28.7 Å². The first-order valence-electron chi connectivity index (χ1n) is 6.44. The lowest BCUT2D eigenvalue weighted by molar-refractivity contribution is -0.121. The summed E-state index contributed by atoms with van der Waals surface area (Å²) < 4.78 is 23.5. The lowest BCUT2D eigenvalue weighted by Gasteiger charge is -2.12. The van der Waals surface area contributed by atoms with Gasteiger partial charge in [-0.25, -0.2) is 8.42 Å². The summed E-state index contributed by atoms with van der Waals surface area (Å²) in [5.41, 5.74) is 0.934. The van der Waals surface area contributed by atoms with Gasteiger partial charge in [0, 0.05) is 29.2 Å². The average Bonchev–Trinajstić information content (AvgIpc) is 2.71. The van der Waals surface area contributed by atoms with Crippen LogP contribution in [0.3, 0.4) is 0 Å². The van der Waals surface area contributed by atoms with Crippen molar-refractivity contribution >= 4 is 37.4 Å². The van der Waals surface area contributed by atoms with Crippen LogP contribution in [-0.2, 0) is 14.6 Å². The second-order valence-electron chi connectivity index (χ2n) is 4.82. The maximum Gasteiger partial charge on any atom is 0.222 e. The van der Waals surface area contributed by atoms with Crippen molar-refractivity contribution in [2.75, 3.05) is 23.4 Å². The van der Waals surface area contributed by atoms with Gasteiger partial charge in [0.1, 0.15) is 0 Å². The highest BCUT2D eigenvalue weighted by molar-refractivity contribution is 9.10. The van der Waals surface area contributed by atoms with Gasteiger partial charge in [0.05, 0.1) is 11.5 Å². The molecule has 1 aliphatic heterocycles. The van der Waals surface area contributed by atoms with Gasteiger partial charge < -0.3 is 10.6 Å². The highest BCUT2D eigenvalue weighted by atomic mass is 79.9. The third kappa shape index (κ3) is 4.49. The van der Waals surface area contributed by atoms with Gasteiger partial charge in [-0.15, -0.1) is 0 Å². The number of hydrogen-bond acceptors (Lipinski definition) is 4. The van der Waals surface area contributed by atoms with Gasteiger partial charge in [-0.05, 0) is 34.5 Å². The normalized spacial score (nSPS) is 20.6. The molecule has 1 heterocycles. The van der Waals surface area contributed by atoms with Crippen LogP contribution in [0.4, 0.5) is 5.69 Å². The molecule has 1 unspecified atom stereocenters. The van der Waals surface area contributed by atoms with E-state index in [0.717, 1.165) is 10.2 Å². The number of carbonyl (C=O) groups excluding carboxylic acids is 1. The van der Waals surface area contributed by atoms with Crippen LogP contribution in [-0.4, -0.2) is 38.4 Å². The van der Waals surface area contributed by atoms with Crippen molar-refractivity contribution < 1.29 is 13.2 Å². The molecule has 1 amide bonds. The lowest BCUT2D eigenvalue weighted by Crippen LogP contribution is -2.36. The summed E-state index contributed by atoms with van der Waals surface area (Å²) in [4.78, 5) is 11.7. The Morgan fingerprint density at radius 2 is 2.10 bits per heavy atom. The number of amides is 1. The van der Waals surface area contributed by atoms with Crippen molar-refractivity contribution in [1.82, 2.24) is 5.32 Å². The van der Waals surface area contributed by atoms with Crippen LogP contribution < -0.4 is 10.6 Å². The largest absolute Gasteiger partial charge is 0.384 e. The Balaban J connectivity index is 1.72. The van der Waals surface area contributed by atoms with Crippen molar-refractivity contribution in [2.24, 2.45) is 0 Å². The van der Waals surface area contributed by atoms with Gasteiger partial charge in [0.25, 0.3) is 0 Å². The third-order valence-electron chi connectivity index (χ3n) is 3.14. The summed E-state index contributed by atoms with van der Waals surface area (Å²) in [6, 6.07) is 7.45. The van der Waals surface area contributed by atoms with Crippen LogP contribution in [0.1, 0.15) is 12.8 Å². The van der Waals surface area contributed by atoms with Crippen molar-refractivity contribution in [3.8, 4) is 0 Å². The molecule has 0 aliphatic carbocycles. The van der Waals surface area contributed by atoms with Gasteiger partial charge >= 0.3 is 0 Å². The molecular weight excluding hydrogens is 344 g/mol. The number of halogens is 1. The smallest absolute Gasteiger partial charge is 0.222 e. The average molecular weight is 361 g/mol. The SMILES string of the molecule is O=C(CCNc1ccccc1Br)NC1CCS(=O)(=O)C1. The molecule has 2 N–H and O–H groups in total. The maximum absolute atomic E-state index is 11.7. The Morgan fingerprint density at radius 1 is 1.35 bits per heavy atom. The summed E-state index contributed by atoms with van der Waals surface area (Å²) in [5, 5.41) is 5.92. The molecule has 1 aromatic carbocycles. The Labute approximate surface area is 127 Å². The minimum absolute atomic E-state index is 0.0659. The second kappa shape index (κ2) is 6.58. The molecule has 5 nitrogen and oxygen atoms in total. The van der Waals surface area contributed by atoms with E-state index in [1.54, 1.807) is 0 Å². The topological polar surface area (TPSA) is 75.3 Å². The second-order valence-corrected chi connectivity index (χ2v) is 7.91. The predicted octanol–water partition coefficient (Wildman–Crippen LogP) is 1.55. The first-order valence-corrected chi connectivity index (χ1v) is 9.06. The quantitative estimate of drug-likeness (QED) is 0.835. The highest BCUT2D eigenvalue weighted by Crippen LogP contribution is 2.20. The van der Waals surface area contributed by atoms with Gasteiger partial charge in [-0.1, -0.05) is 12.1 Å². The molecule has 1 fully saturated rings. The van der Waals surface area contributed by atoms with E-state index in [1.165, 1.54) is 0 Å². The van der Waals surface area contributed by atoms with Crippen LogP contribution in [0.15, 0.2) is 28.7 Å². The monoisotopic (exact) mass is 360 g/mol. The molecule has 20 heavy (non-hydrogen) atoms. The summed E-state index contributed by atoms with van der Waals surface area (Å²) >= 11 is 3.42. The first-order chi connectivity index (χ1) is 9.46. The molecule has 0 spiro atoms. The van der Waals surface area contributed by atoms with Crippen LogP contribution in [0.25, 0.3) is 0 Å². The van der Waals surface area contributed by atoms with Crippen LogP contribution in [0.5, 0.6) is 0 Å². The van der Waals surface area contributed by atoms with Crippen molar-refractivity contribution in [1.29, 1.82) is 0 Å². The molecular formula is C13H17BrN2O3S. The summed E-state index contributed by atoms with van der Waals surface area (Å²) in [5.74, 6) is 0.121. The Kier molecular flexibility index (Phi) is 5.04. The number of carbonyl (C=O) groups is 1. The van der Waals surface area contributed by atoms with Gasteiger partial charge in [-0.2, -0.15) is 0 Å². The zero-order chi connectivity index (χ0) is 14.6. The first kappa shape index (κ1) is 15.3. The van der Waals surface area contributed by atoms with Gasteiger partial charge in [0.15, 0.2) is 9.84 Å². The zero-order valence-corrected chi connectivity index (χ0v) is 13.3. The molecule has 1 aliphatic rings. The molecule has 7 heteroatoms. The minimum atomic E-state index is -2.95. The van der Waals surface area contributed by atoms with Crippen molar-refractivity contribution in [2.45, 2.75) is 18.9 Å². The number of benzene rings is 1. The van der Waals surface area contributed by atoms with E-state index in [2.05, 4.69) is 26.6 Å². The van der Waals surface area contributed by atoms with Gasteiger partial charge in [0.2, 0.25) is 5.91 Å². The zero-order valence-electron chi connectivity index (χ0n) is 10.9. The Bertz CT molecular complexity index is 589. The molecule has 2 rings (SSSR count). The number of nitrogens with one attached hydrogen (secondary N) is 2. The Morgan fingerprint density at radius 3 is 2.75 bits per heavy atom. The number of rotatable bonds is 5. The van der Waals surface area contributed by atoms with E-state index in [9.17, 15) is 13.2 Å². The maximum atomic E-state index is 11.7. The van der Waals surface area contributed by atoms with Crippen LogP contribution in [0.2, 0.25) is 0 Å². The van der Waals surface area contributed by atoms with Crippen molar-refractivity contribution in [3.63, 3.8) is 0 Å². The summed E-state index contributed by atoms with van der Waals surface area (Å²) in [6.07, 6.45) is 0.837. The molecule has 0 radical (unpaired) electrons. The van der Waals surface area contributed by atoms with E-state index in [0.29, 0.717) is 19.4 Å². The summed E-state index contributed by atoms with van der Waals surface area (Å²) in [7, 11) is -2.95. The van der Waals surface area contributed by atoms with Crippen LogP contribution >= 0.6 is 15.9 Å². The Hall–Kier alpha value is -1.08. The molecule has 1 aromatic rings. The standard InChI is InChI=1S/C13H17BrN2O3S/c14-11-3-1-2-4-12(11)15-7-5-13(17)16-10-6-8-20(18,19)9-10/h1-4,10,15H,5-9H2,(H,16,17).